The average molecular weight is 348 g/mol. The predicted octanol–water partition coefficient (Wildman–Crippen LogP) is 4.09. The van der Waals surface area contributed by atoms with E-state index in [1.165, 1.54) is 51.4 Å². The Hall–Kier alpha value is -1.91. The van der Waals surface area contributed by atoms with Gasteiger partial charge < -0.3 is 10.6 Å². The summed E-state index contributed by atoms with van der Waals surface area (Å²) in [6, 6.07) is 4.89. The maximum absolute atomic E-state index is 12.1. The van der Waals surface area contributed by atoms with Gasteiger partial charge in [-0.15, -0.1) is 0 Å². The summed E-state index contributed by atoms with van der Waals surface area (Å²) >= 11 is 0. The Bertz CT molecular complexity index is 517. The van der Waals surface area contributed by atoms with Gasteiger partial charge in [0.1, 0.15) is 11.4 Å². The van der Waals surface area contributed by atoms with Crippen molar-refractivity contribution in [1.29, 1.82) is 0 Å². The van der Waals surface area contributed by atoms with Crippen LogP contribution in [0.4, 0.5) is 0 Å². The van der Waals surface area contributed by atoms with Gasteiger partial charge >= 0.3 is 0 Å². The number of hydrogen-bond donors (Lipinski definition) is 2. The number of aromatic nitrogens is 1. The molecular formula is C20H33N3O2. The second-order valence-corrected chi connectivity index (χ2v) is 6.43. The predicted molar refractivity (Wildman–Crippen MR) is 102 cm³/mol. The molecule has 1 rings (SSSR count). The summed E-state index contributed by atoms with van der Waals surface area (Å²) in [5.74, 6) is -0.508. The molecule has 2 amide bonds. The van der Waals surface area contributed by atoms with E-state index < -0.39 is 0 Å². The second-order valence-electron chi connectivity index (χ2n) is 6.43. The Morgan fingerprint density at radius 2 is 1.36 bits per heavy atom. The molecule has 1 heterocycles. The highest BCUT2D eigenvalue weighted by molar-refractivity contribution is 5.96. The van der Waals surface area contributed by atoms with E-state index in [-0.39, 0.29) is 23.2 Å². The van der Waals surface area contributed by atoms with Gasteiger partial charge in [-0.1, -0.05) is 70.8 Å². The molecule has 0 aliphatic rings. The zero-order valence-corrected chi connectivity index (χ0v) is 15.8. The molecule has 0 unspecified atom stereocenters. The van der Waals surface area contributed by atoms with Gasteiger partial charge in [-0.25, -0.2) is 4.98 Å². The molecule has 0 bridgehead atoms. The van der Waals surface area contributed by atoms with Gasteiger partial charge in [0, 0.05) is 13.6 Å². The summed E-state index contributed by atoms with van der Waals surface area (Å²) in [6.07, 6.45) is 12.7. The molecular weight excluding hydrogens is 314 g/mol. The number of hydrogen-bond acceptors (Lipinski definition) is 3. The lowest BCUT2D eigenvalue weighted by Gasteiger charge is -2.06. The fourth-order valence-corrected chi connectivity index (χ4v) is 2.72. The quantitative estimate of drug-likeness (QED) is 0.528. The lowest BCUT2D eigenvalue weighted by atomic mass is 10.1. The number of rotatable bonds is 13. The normalized spacial score (nSPS) is 10.5. The smallest absolute Gasteiger partial charge is 0.269 e. The van der Waals surface area contributed by atoms with E-state index in [0.29, 0.717) is 6.54 Å². The van der Waals surface area contributed by atoms with Crippen molar-refractivity contribution in [3.05, 3.63) is 29.6 Å². The fourth-order valence-electron chi connectivity index (χ4n) is 2.72. The Morgan fingerprint density at radius 1 is 0.840 bits per heavy atom. The number of carbonyl (C=O) groups is 2. The van der Waals surface area contributed by atoms with Gasteiger partial charge in [0.2, 0.25) is 0 Å². The molecule has 1 aromatic rings. The molecule has 0 aliphatic carbocycles. The van der Waals surface area contributed by atoms with E-state index in [1.54, 1.807) is 25.2 Å². The first kappa shape index (κ1) is 21.1. The number of unbranched alkanes of at least 4 members (excludes halogenated alkanes) is 9. The number of nitrogens with one attached hydrogen (secondary N) is 2. The van der Waals surface area contributed by atoms with Crippen molar-refractivity contribution in [3.63, 3.8) is 0 Å². The molecule has 25 heavy (non-hydrogen) atoms. The third-order valence-corrected chi connectivity index (χ3v) is 4.26. The lowest BCUT2D eigenvalue weighted by Crippen LogP contribution is -2.27. The molecule has 0 radical (unpaired) electrons. The maximum atomic E-state index is 12.1. The molecule has 0 saturated heterocycles. The first-order valence-corrected chi connectivity index (χ1v) is 9.66. The van der Waals surface area contributed by atoms with E-state index in [0.717, 1.165) is 12.8 Å². The zero-order valence-electron chi connectivity index (χ0n) is 15.8. The summed E-state index contributed by atoms with van der Waals surface area (Å²) in [7, 11) is 1.54. The summed E-state index contributed by atoms with van der Waals surface area (Å²) < 4.78 is 0. The molecule has 0 saturated carbocycles. The van der Waals surface area contributed by atoms with E-state index in [1.807, 2.05) is 0 Å². The van der Waals surface area contributed by atoms with Gasteiger partial charge in [0.05, 0.1) is 0 Å². The van der Waals surface area contributed by atoms with Crippen LogP contribution in [0.1, 0.15) is 92.1 Å². The standard InChI is InChI=1S/C20H33N3O2/c1-3-4-5-6-7-8-9-10-11-12-16-22-20(25)18-15-13-14-17(23-18)19(24)21-2/h13-15H,3-12,16H2,1-2H3,(H,21,24)(H,22,25). The lowest BCUT2D eigenvalue weighted by molar-refractivity contribution is 0.0946. The van der Waals surface area contributed by atoms with Crippen LogP contribution in [0.25, 0.3) is 0 Å². The molecule has 0 fully saturated rings. The molecule has 5 heteroatoms. The van der Waals surface area contributed by atoms with Crippen LogP contribution >= 0.6 is 0 Å². The summed E-state index contributed by atoms with van der Waals surface area (Å²) in [5, 5.41) is 5.38. The highest BCUT2D eigenvalue weighted by Gasteiger charge is 2.10. The van der Waals surface area contributed by atoms with E-state index >= 15 is 0 Å². The van der Waals surface area contributed by atoms with Crippen LogP contribution in [0.3, 0.4) is 0 Å². The summed E-state index contributed by atoms with van der Waals surface area (Å²) in [5.41, 5.74) is 0.544. The molecule has 1 aromatic heterocycles. The largest absolute Gasteiger partial charge is 0.354 e. The average Bonchev–Trinajstić information content (AvgIpc) is 2.65. The van der Waals surface area contributed by atoms with Crippen LogP contribution in [0.5, 0.6) is 0 Å². The van der Waals surface area contributed by atoms with Gasteiger partial charge in [-0.05, 0) is 18.6 Å². The molecule has 0 spiro atoms. The van der Waals surface area contributed by atoms with E-state index in [9.17, 15) is 9.59 Å². The molecule has 140 valence electrons. The van der Waals surface area contributed by atoms with Crippen LogP contribution < -0.4 is 10.6 Å². The van der Waals surface area contributed by atoms with Crippen molar-refractivity contribution in [1.82, 2.24) is 15.6 Å². The van der Waals surface area contributed by atoms with Gasteiger partial charge in [0.15, 0.2) is 0 Å². The SMILES string of the molecule is CCCCCCCCCCCCNC(=O)c1cccc(C(=O)NC)n1. The number of nitrogens with zero attached hydrogens (tertiary/aromatic N) is 1. The Balaban J connectivity index is 2.10. The molecule has 5 nitrogen and oxygen atoms in total. The van der Waals surface area contributed by atoms with Crippen LogP contribution in [-0.2, 0) is 0 Å². The van der Waals surface area contributed by atoms with Crippen LogP contribution in [-0.4, -0.2) is 30.4 Å². The topological polar surface area (TPSA) is 71.1 Å². The first-order valence-electron chi connectivity index (χ1n) is 9.66. The summed E-state index contributed by atoms with van der Waals surface area (Å²) in [6.45, 7) is 2.90. The van der Waals surface area contributed by atoms with Crippen molar-refractivity contribution in [2.24, 2.45) is 0 Å². The highest BCUT2D eigenvalue weighted by Crippen LogP contribution is 2.10. The van der Waals surface area contributed by atoms with Crippen LogP contribution in [0.2, 0.25) is 0 Å². The highest BCUT2D eigenvalue weighted by atomic mass is 16.2. The minimum absolute atomic E-state index is 0.221. The number of pyridine rings is 1. The van der Waals surface area contributed by atoms with Crippen LogP contribution in [0, 0.1) is 0 Å². The van der Waals surface area contributed by atoms with E-state index in [4.69, 9.17) is 0 Å². The number of carbonyl (C=O) groups excluding carboxylic acids is 2. The monoisotopic (exact) mass is 347 g/mol. The third kappa shape index (κ3) is 9.22. The van der Waals surface area contributed by atoms with E-state index in [2.05, 4.69) is 22.5 Å². The number of amides is 2. The van der Waals surface area contributed by atoms with Crippen molar-refractivity contribution in [2.75, 3.05) is 13.6 Å². The Morgan fingerprint density at radius 3 is 1.92 bits per heavy atom. The zero-order chi connectivity index (χ0) is 18.3. The minimum atomic E-state index is -0.288. The van der Waals surface area contributed by atoms with Gasteiger partial charge in [-0.2, -0.15) is 0 Å². The minimum Gasteiger partial charge on any atom is -0.354 e. The molecule has 0 aromatic carbocycles. The van der Waals surface area contributed by atoms with Gasteiger partial charge in [0.25, 0.3) is 11.8 Å². The Kier molecular flexibility index (Phi) is 11.3. The third-order valence-electron chi connectivity index (χ3n) is 4.26. The fraction of sp³-hybridized carbons (Fsp3) is 0.650. The van der Waals surface area contributed by atoms with Crippen molar-refractivity contribution >= 4 is 11.8 Å². The molecule has 0 atom stereocenters. The molecule has 2 N–H and O–H groups in total. The van der Waals surface area contributed by atoms with Gasteiger partial charge in [-0.3, -0.25) is 9.59 Å². The van der Waals surface area contributed by atoms with Crippen molar-refractivity contribution in [3.8, 4) is 0 Å². The summed E-state index contributed by atoms with van der Waals surface area (Å²) in [4.78, 5) is 27.7. The second kappa shape index (κ2) is 13.4. The van der Waals surface area contributed by atoms with Crippen LogP contribution in [0.15, 0.2) is 18.2 Å². The first-order chi connectivity index (χ1) is 12.2. The Labute approximate surface area is 152 Å². The van der Waals surface area contributed by atoms with Crippen molar-refractivity contribution in [2.45, 2.75) is 71.1 Å². The maximum Gasteiger partial charge on any atom is 0.269 e. The van der Waals surface area contributed by atoms with Crippen molar-refractivity contribution < 1.29 is 9.59 Å². The molecule has 0 aliphatic heterocycles.